The molecule has 8 nitrogen and oxygen atoms in total. The maximum absolute atomic E-state index is 11.6. The second-order valence-electron chi connectivity index (χ2n) is 9.71. The summed E-state index contributed by atoms with van der Waals surface area (Å²) in [5, 5.41) is 0. The molecule has 204 valence electrons. The summed E-state index contributed by atoms with van der Waals surface area (Å²) in [4.78, 5) is 21.5. The molecule has 1 N–H and O–H groups in total. The van der Waals surface area contributed by atoms with Gasteiger partial charge in [-0.15, -0.1) is 0 Å². The van der Waals surface area contributed by atoms with Crippen LogP contribution in [0.15, 0.2) is 79.1 Å². The first-order valence-corrected chi connectivity index (χ1v) is 14.9. The molecule has 39 heavy (non-hydrogen) atoms. The summed E-state index contributed by atoms with van der Waals surface area (Å²) >= 11 is 0. The molecular weight excluding hydrogens is 512 g/mol. The molecule has 4 aromatic rings. The molecule has 1 amide bonds. The fourth-order valence-electron chi connectivity index (χ4n) is 4.39. The summed E-state index contributed by atoms with van der Waals surface area (Å²) in [6, 6.07) is 22.7. The molecular formula is C30H34N4O4S. The van der Waals surface area contributed by atoms with Gasteiger partial charge in [-0.1, -0.05) is 60.7 Å². The van der Waals surface area contributed by atoms with E-state index < -0.39 is 15.9 Å². The largest absolute Gasteiger partial charge is 0.372 e. The third-order valence-electron chi connectivity index (χ3n) is 6.15. The van der Waals surface area contributed by atoms with Crippen molar-refractivity contribution in [2.75, 3.05) is 19.5 Å². The summed E-state index contributed by atoms with van der Waals surface area (Å²) in [7, 11) is -3.57. The van der Waals surface area contributed by atoms with E-state index in [9.17, 15) is 13.2 Å². The second-order valence-corrected chi connectivity index (χ2v) is 11.5. The van der Waals surface area contributed by atoms with Crippen LogP contribution in [-0.2, 0) is 26.0 Å². The van der Waals surface area contributed by atoms with Crippen LogP contribution in [-0.4, -0.2) is 48.3 Å². The van der Waals surface area contributed by atoms with Gasteiger partial charge in [0.1, 0.15) is 6.61 Å². The molecule has 0 unspecified atom stereocenters. The Bertz CT molecular complexity index is 1500. The smallest absolute Gasteiger partial charge is 0.259 e. The predicted molar refractivity (Wildman–Crippen MR) is 153 cm³/mol. The quantitative estimate of drug-likeness (QED) is 0.243. The number of nitrogens with one attached hydrogen (secondary N) is 1. The highest BCUT2D eigenvalue weighted by Crippen LogP contribution is 2.32. The van der Waals surface area contributed by atoms with Gasteiger partial charge in [0.25, 0.3) is 5.91 Å². The number of carbonyl (C=O) groups excluding carboxylic acids is 1. The molecule has 4 rings (SSSR count). The van der Waals surface area contributed by atoms with Crippen molar-refractivity contribution >= 4 is 15.9 Å². The Morgan fingerprint density at radius 1 is 0.949 bits per heavy atom. The van der Waals surface area contributed by atoms with Crippen LogP contribution in [0.3, 0.4) is 0 Å². The summed E-state index contributed by atoms with van der Waals surface area (Å²) in [6.07, 6.45) is 7.35. The molecule has 0 saturated heterocycles. The van der Waals surface area contributed by atoms with Gasteiger partial charge in [-0.2, -0.15) is 0 Å². The number of hydrogen-bond donors (Lipinski definition) is 1. The highest BCUT2D eigenvalue weighted by atomic mass is 32.2. The number of rotatable bonds is 12. The van der Waals surface area contributed by atoms with E-state index in [1.807, 2.05) is 59.4 Å². The Morgan fingerprint density at radius 2 is 1.59 bits per heavy atom. The molecule has 2 heterocycles. The molecule has 0 aliphatic rings. The molecule has 2 aromatic carbocycles. The van der Waals surface area contributed by atoms with Gasteiger partial charge in [0.05, 0.1) is 29.5 Å². The van der Waals surface area contributed by atoms with E-state index in [0.29, 0.717) is 6.61 Å². The Morgan fingerprint density at radius 3 is 2.21 bits per heavy atom. The fourth-order valence-corrected chi connectivity index (χ4v) is 4.86. The molecule has 0 aliphatic carbocycles. The number of amides is 1. The van der Waals surface area contributed by atoms with Gasteiger partial charge in [0, 0.05) is 41.2 Å². The number of ether oxygens (including phenoxy) is 1. The van der Waals surface area contributed by atoms with Crippen molar-refractivity contribution in [3.63, 3.8) is 0 Å². The second kappa shape index (κ2) is 12.8. The van der Waals surface area contributed by atoms with Gasteiger partial charge >= 0.3 is 0 Å². The normalized spacial score (nSPS) is 11.6. The summed E-state index contributed by atoms with van der Waals surface area (Å²) in [5.74, 6) is -0.662. The lowest BCUT2D eigenvalue weighted by molar-refractivity contribution is -0.123. The standard InChI is InChI=1S/C30H34N4O4S/c1-22(2)34-20-25(18-26(34)16-10-11-17-38-21-28(35)33-39(3,36)37)27-19-31-29(23-12-6-4-7-13-23)30(32-27)24-14-8-5-9-15-24/h4-9,12-15,18-20,22H,10-11,16-17,21H2,1-3H3,(H,33,35). The SMILES string of the molecule is CC(C)n1cc(-c2cnc(-c3ccccc3)c(-c3ccccc3)n2)cc1CCCCOCC(=O)NS(C)(=O)=O. The number of sulfonamides is 1. The average molecular weight is 547 g/mol. The highest BCUT2D eigenvalue weighted by Gasteiger charge is 2.16. The minimum Gasteiger partial charge on any atom is -0.372 e. The first kappa shape index (κ1) is 28.2. The molecule has 0 spiro atoms. The van der Waals surface area contributed by atoms with Crippen molar-refractivity contribution in [2.24, 2.45) is 0 Å². The maximum atomic E-state index is 11.6. The zero-order valence-corrected chi connectivity index (χ0v) is 23.3. The third-order valence-corrected chi connectivity index (χ3v) is 6.75. The number of benzene rings is 2. The van der Waals surface area contributed by atoms with Crippen molar-refractivity contribution in [1.82, 2.24) is 19.3 Å². The van der Waals surface area contributed by atoms with E-state index in [0.717, 1.165) is 59.3 Å². The first-order chi connectivity index (χ1) is 18.7. The van der Waals surface area contributed by atoms with Crippen LogP contribution in [0.2, 0.25) is 0 Å². The number of aryl methyl sites for hydroxylation is 1. The third kappa shape index (κ3) is 7.84. The number of carbonyl (C=O) groups is 1. The van der Waals surface area contributed by atoms with Gasteiger partial charge in [-0.05, 0) is 39.2 Å². The van der Waals surface area contributed by atoms with Crippen LogP contribution >= 0.6 is 0 Å². The monoisotopic (exact) mass is 546 g/mol. The predicted octanol–water partition coefficient (Wildman–Crippen LogP) is 5.28. The van der Waals surface area contributed by atoms with E-state index in [2.05, 4.69) is 42.8 Å². The molecule has 0 atom stereocenters. The maximum Gasteiger partial charge on any atom is 0.259 e. The first-order valence-electron chi connectivity index (χ1n) is 13.0. The minimum absolute atomic E-state index is 0.273. The zero-order chi connectivity index (χ0) is 27.8. The average Bonchev–Trinajstić information content (AvgIpc) is 3.35. The van der Waals surface area contributed by atoms with Crippen molar-refractivity contribution in [3.05, 3.63) is 84.8 Å². The number of unbranched alkanes of at least 4 members (excludes halogenated alkanes) is 1. The van der Waals surface area contributed by atoms with E-state index >= 15 is 0 Å². The Kier molecular flexibility index (Phi) is 9.27. The summed E-state index contributed by atoms with van der Waals surface area (Å²) in [6.45, 7) is 4.40. The van der Waals surface area contributed by atoms with Crippen LogP contribution in [0.25, 0.3) is 33.8 Å². The molecule has 2 aromatic heterocycles. The van der Waals surface area contributed by atoms with E-state index in [1.165, 1.54) is 5.69 Å². The van der Waals surface area contributed by atoms with E-state index in [-0.39, 0.29) is 12.6 Å². The lowest BCUT2D eigenvalue weighted by atomic mass is 10.0. The molecule has 0 bridgehead atoms. The lowest BCUT2D eigenvalue weighted by Gasteiger charge is -2.13. The molecule has 0 radical (unpaired) electrons. The summed E-state index contributed by atoms with van der Waals surface area (Å²) < 4.78 is 31.7. The van der Waals surface area contributed by atoms with E-state index in [4.69, 9.17) is 14.7 Å². The Balaban J connectivity index is 1.49. The minimum atomic E-state index is -3.57. The highest BCUT2D eigenvalue weighted by molar-refractivity contribution is 7.89. The number of hydrogen-bond acceptors (Lipinski definition) is 6. The van der Waals surface area contributed by atoms with Crippen molar-refractivity contribution in [2.45, 2.75) is 39.2 Å². The van der Waals surface area contributed by atoms with Crippen LogP contribution < -0.4 is 4.72 Å². The van der Waals surface area contributed by atoms with Crippen molar-refractivity contribution < 1.29 is 17.9 Å². The number of aromatic nitrogens is 3. The molecule has 0 saturated carbocycles. The zero-order valence-electron chi connectivity index (χ0n) is 22.5. The Hall–Kier alpha value is -3.82. The van der Waals surface area contributed by atoms with Crippen molar-refractivity contribution in [1.29, 1.82) is 0 Å². The van der Waals surface area contributed by atoms with Crippen LogP contribution in [0, 0.1) is 0 Å². The van der Waals surface area contributed by atoms with Gasteiger partial charge < -0.3 is 9.30 Å². The van der Waals surface area contributed by atoms with Crippen molar-refractivity contribution in [3.8, 4) is 33.8 Å². The van der Waals surface area contributed by atoms with Gasteiger partial charge in [-0.25, -0.2) is 13.4 Å². The Labute approximate surface area is 230 Å². The molecule has 0 aliphatic heterocycles. The molecule has 9 heteroatoms. The van der Waals surface area contributed by atoms with Gasteiger partial charge in [0.15, 0.2) is 0 Å². The lowest BCUT2D eigenvalue weighted by Crippen LogP contribution is -2.32. The number of nitrogens with zero attached hydrogens (tertiary/aromatic N) is 3. The summed E-state index contributed by atoms with van der Waals surface area (Å²) in [5.41, 5.74) is 6.73. The fraction of sp³-hybridized carbons (Fsp3) is 0.300. The van der Waals surface area contributed by atoms with E-state index in [1.54, 1.807) is 0 Å². The topological polar surface area (TPSA) is 103 Å². The molecule has 0 fully saturated rings. The van der Waals surface area contributed by atoms with Crippen LogP contribution in [0.1, 0.15) is 38.4 Å². The van der Waals surface area contributed by atoms with Crippen LogP contribution in [0.5, 0.6) is 0 Å². The van der Waals surface area contributed by atoms with Gasteiger partial charge in [-0.3, -0.25) is 14.5 Å². The van der Waals surface area contributed by atoms with Crippen LogP contribution in [0.4, 0.5) is 0 Å². The van der Waals surface area contributed by atoms with Gasteiger partial charge in [0.2, 0.25) is 10.0 Å².